The van der Waals surface area contributed by atoms with Gasteiger partial charge in [0.25, 0.3) is 0 Å². The van der Waals surface area contributed by atoms with Gasteiger partial charge in [-0.1, -0.05) is 44.0 Å². The fourth-order valence-corrected chi connectivity index (χ4v) is 5.28. The number of nitrogens with one attached hydrogen (secondary N) is 1. The van der Waals surface area contributed by atoms with Crippen LogP contribution in [0.25, 0.3) is 0 Å². The molecule has 1 amide bonds. The summed E-state index contributed by atoms with van der Waals surface area (Å²) in [6, 6.07) is 14.4. The average Bonchev–Trinajstić information content (AvgIpc) is 2.69. The first-order valence-corrected chi connectivity index (χ1v) is 12.1. The minimum atomic E-state index is -3.52. The fraction of sp³-hybridized carbons (Fsp3) is 0.350. The van der Waals surface area contributed by atoms with Gasteiger partial charge in [-0.25, -0.2) is 8.42 Å². The highest BCUT2D eigenvalue weighted by atomic mass is 79.9. The lowest BCUT2D eigenvalue weighted by Gasteiger charge is -2.31. The highest BCUT2D eigenvalue weighted by molar-refractivity contribution is 9.10. The molecule has 1 fully saturated rings. The summed E-state index contributed by atoms with van der Waals surface area (Å²) in [6.07, 6.45) is 1.04. The zero-order valence-electron chi connectivity index (χ0n) is 15.4. The molecule has 150 valence electrons. The monoisotopic (exact) mass is 528 g/mol. The Kier molecular flexibility index (Phi) is 6.96. The van der Waals surface area contributed by atoms with Crippen molar-refractivity contribution in [2.24, 2.45) is 5.92 Å². The number of nitrogens with zero attached hydrogens (tertiary/aromatic N) is 1. The Hall–Kier alpha value is -1.22. The van der Waals surface area contributed by atoms with Crippen LogP contribution in [0.4, 0.5) is 0 Å². The number of hydrogen-bond acceptors (Lipinski definition) is 3. The molecule has 0 saturated carbocycles. The van der Waals surface area contributed by atoms with Crippen molar-refractivity contribution in [3.05, 3.63) is 63.0 Å². The summed E-state index contributed by atoms with van der Waals surface area (Å²) in [6.45, 7) is 2.65. The minimum absolute atomic E-state index is 0.0175. The molecule has 0 radical (unpaired) electrons. The van der Waals surface area contributed by atoms with E-state index in [-0.39, 0.29) is 22.8 Å². The van der Waals surface area contributed by atoms with Gasteiger partial charge in [-0.3, -0.25) is 4.79 Å². The van der Waals surface area contributed by atoms with E-state index in [4.69, 9.17) is 0 Å². The van der Waals surface area contributed by atoms with Crippen LogP contribution >= 0.6 is 31.9 Å². The topological polar surface area (TPSA) is 66.5 Å². The van der Waals surface area contributed by atoms with Gasteiger partial charge in [0, 0.05) is 28.0 Å². The molecule has 1 saturated heterocycles. The first-order valence-electron chi connectivity index (χ1n) is 9.09. The van der Waals surface area contributed by atoms with E-state index in [0.29, 0.717) is 25.9 Å². The second-order valence-corrected chi connectivity index (χ2v) is 10.7. The van der Waals surface area contributed by atoms with E-state index in [1.807, 2.05) is 31.2 Å². The summed E-state index contributed by atoms with van der Waals surface area (Å²) in [5.74, 6) is -0.189. The fourth-order valence-electron chi connectivity index (χ4n) is 3.28. The smallest absolute Gasteiger partial charge is 0.243 e. The van der Waals surface area contributed by atoms with Crippen molar-refractivity contribution in [1.29, 1.82) is 0 Å². The van der Waals surface area contributed by atoms with Crippen molar-refractivity contribution in [2.45, 2.75) is 30.7 Å². The van der Waals surface area contributed by atoms with Gasteiger partial charge in [0.05, 0.1) is 10.9 Å². The van der Waals surface area contributed by atoms with Crippen molar-refractivity contribution >= 4 is 47.8 Å². The second-order valence-electron chi connectivity index (χ2n) is 6.91. The lowest BCUT2D eigenvalue weighted by molar-refractivity contribution is -0.126. The van der Waals surface area contributed by atoms with Crippen molar-refractivity contribution in [1.82, 2.24) is 9.62 Å². The van der Waals surface area contributed by atoms with E-state index in [0.717, 1.165) is 14.5 Å². The van der Waals surface area contributed by atoms with Crippen molar-refractivity contribution in [3.63, 3.8) is 0 Å². The lowest BCUT2D eigenvalue weighted by Crippen LogP contribution is -2.43. The standard InChI is InChI=1S/C20H22Br2N2O3S/c1-14(15-2-4-17(21)5-3-15)23-20(25)16-10-12-24(13-11-16)28(26,27)19-8-6-18(22)7-9-19/h2-9,14,16H,10-13H2,1H3,(H,23,25)/t14-/m1/s1. The molecule has 1 N–H and O–H groups in total. The van der Waals surface area contributed by atoms with Crippen LogP contribution in [0.15, 0.2) is 62.4 Å². The molecule has 0 unspecified atom stereocenters. The molecule has 0 aromatic heterocycles. The molecular formula is C20H22Br2N2O3S. The second kappa shape index (κ2) is 9.07. The van der Waals surface area contributed by atoms with Gasteiger partial charge in [0.15, 0.2) is 0 Å². The summed E-state index contributed by atoms with van der Waals surface area (Å²) in [5, 5.41) is 3.05. The molecule has 2 aromatic rings. The Balaban J connectivity index is 1.57. The quantitative estimate of drug-likeness (QED) is 0.620. The molecule has 0 aliphatic carbocycles. The summed E-state index contributed by atoms with van der Waals surface area (Å²) in [5.41, 5.74) is 1.03. The Bertz CT molecular complexity index is 923. The summed E-state index contributed by atoms with van der Waals surface area (Å²) >= 11 is 6.72. The zero-order valence-corrected chi connectivity index (χ0v) is 19.4. The maximum absolute atomic E-state index is 12.8. The van der Waals surface area contributed by atoms with Crippen LogP contribution in [0.2, 0.25) is 0 Å². The van der Waals surface area contributed by atoms with Crippen LogP contribution in [0, 0.1) is 5.92 Å². The molecule has 8 heteroatoms. The number of carbonyl (C=O) groups is 1. The maximum Gasteiger partial charge on any atom is 0.243 e. The van der Waals surface area contributed by atoms with Gasteiger partial charge >= 0.3 is 0 Å². The lowest BCUT2D eigenvalue weighted by atomic mass is 9.96. The Morgan fingerprint density at radius 1 is 1.00 bits per heavy atom. The summed E-state index contributed by atoms with van der Waals surface area (Å²) in [4.78, 5) is 12.9. The molecule has 0 bridgehead atoms. The Labute approximate surface area is 182 Å². The number of amides is 1. The van der Waals surface area contributed by atoms with E-state index >= 15 is 0 Å². The van der Waals surface area contributed by atoms with Gasteiger partial charge in [-0.05, 0) is 61.7 Å². The number of piperidine rings is 1. The van der Waals surface area contributed by atoms with E-state index in [9.17, 15) is 13.2 Å². The van der Waals surface area contributed by atoms with Crippen molar-refractivity contribution in [3.8, 4) is 0 Å². The molecule has 1 aliphatic rings. The highest BCUT2D eigenvalue weighted by Gasteiger charge is 2.32. The van der Waals surface area contributed by atoms with Crippen molar-refractivity contribution in [2.75, 3.05) is 13.1 Å². The van der Waals surface area contributed by atoms with Gasteiger partial charge < -0.3 is 5.32 Å². The minimum Gasteiger partial charge on any atom is -0.349 e. The van der Waals surface area contributed by atoms with Crippen LogP contribution < -0.4 is 5.32 Å². The van der Waals surface area contributed by atoms with Gasteiger partial charge in [-0.2, -0.15) is 4.31 Å². The van der Waals surface area contributed by atoms with Crippen LogP contribution in [0.3, 0.4) is 0 Å². The first-order chi connectivity index (χ1) is 13.3. The highest BCUT2D eigenvalue weighted by Crippen LogP contribution is 2.26. The summed E-state index contributed by atoms with van der Waals surface area (Å²) in [7, 11) is -3.52. The third-order valence-electron chi connectivity index (χ3n) is 5.00. The van der Waals surface area contributed by atoms with E-state index < -0.39 is 10.0 Å². The number of rotatable bonds is 5. The predicted molar refractivity (Wildman–Crippen MR) is 116 cm³/mol. The molecule has 2 aromatic carbocycles. The van der Waals surface area contributed by atoms with E-state index in [1.165, 1.54) is 4.31 Å². The van der Waals surface area contributed by atoms with Crippen LogP contribution in [-0.2, 0) is 14.8 Å². The molecule has 0 spiro atoms. The van der Waals surface area contributed by atoms with Gasteiger partial charge in [0.1, 0.15) is 0 Å². The summed E-state index contributed by atoms with van der Waals surface area (Å²) < 4.78 is 28.8. The zero-order chi connectivity index (χ0) is 20.3. The Morgan fingerprint density at radius 3 is 2.04 bits per heavy atom. The molecule has 28 heavy (non-hydrogen) atoms. The van der Waals surface area contributed by atoms with Gasteiger partial charge in [-0.15, -0.1) is 0 Å². The van der Waals surface area contributed by atoms with E-state index in [2.05, 4.69) is 37.2 Å². The molecular weight excluding hydrogens is 508 g/mol. The van der Waals surface area contributed by atoms with Crippen LogP contribution in [0.5, 0.6) is 0 Å². The Morgan fingerprint density at radius 2 is 1.50 bits per heavy atom. The number of hydrogen-bond donors (Lipinski definition) is 1. The normalized spacial score (nSPS) is 17.2. The number of carbonyl (C=O) groups excluding carboxylic acids is 1. The van der Waals surface area contributed by atoms with Gasteiger partial charge in [0.2, 0.25) is 15.9 Å². The first kappa shape index (κ1) is 21.5. The molecule has 1 atom stereocenters. The average molecular weight is 530 g/mol. The number of benzene rings is 2. The predicted octanol–water partition coefficient (Wildman–Crippen LogP) is 4.49. The van der Waals surface area contributed by atoms with E-state index in [1.54, 1.807) is 24.3 Å². The van der Waals surface area contributed by atoms with Crippen molar-refractivity contribution < 1.29 is 13.2 Å². The van der Waals surface area contributed by atoms with Crippen LogP contribution in [-0.4, -0.2) is 31.7 Å². The molecule has 3 rings (SSSR count). The molecule has 1 aliphatic heterocycles. The third kappa shape index (κ3) is 5.03. The molecule has 1 heterocycles. The maximum atomic E-state index is 12.8. The number of sulfonamides is 1. The third-order valence-corrected chi connectivity index (χ3v) is 7.98. The number of halogens is 2. The largest absolute Gasteiger partial charge is 0.349 e. The molecule has 5 nitrogen and oxygen atoms in total. The van der Waals surface area contributed by atoms with Crippen LogP contribution in [0.1, 0.15) is 31.4 Å². The SMILES string of the molecule is C[C@@H](NC(=O)C1CCN(S(=O)(=O)c2ccc(Br)cc2)CC1)c1ccc(Br)cc1.